The molecule has 0 spiro atoms. The van der Waals surface area contributed by atoms with Gasteiger partial charge in [-0.15, -0.1) is 0 Å². The molecule has 0 fully saturated rings. The second-order valence-corrected chi connectivity index (χ2v) is 4.47. The van der Waals surface area contributed by atoms with Crippen LogP contribution >= 0.6 is 11.5 Å². The number of rotatable bonds is 3. The second kappa shape index (κ2) is 4.40. The maximum Gasteiger partial charge on any atom is 0.167 e. The second-order valence-electron chi connectivity index (χ2n) is 3.66. The van der Waals surface area contributed by atoms with Gasteiger partial charge in [0.05, 0.1) is 4.70 Å². The van der Waals surface area contributed by atoms with Crippen LogP contribution in [0.1, 0.15) is 13.8 Å². The van der Waals surface area contributed by atoms with E-state index in [1.807, 2.05) is 24.4 Å². The minimum Gasteiger partial charge on any atom is -0.260 e. The lowest BCUT2D eigenvalue weighted by Gasteiger charge is -1.96. The number of hydrazone groups is 1. The zero-order chi connectivity index (χ0) is 10.7. The van der Waals surface area contributed by atoms with Gasteiger partial charge < -0.3 is 0 Å². The highest BCUT2D eigenvalue weighted by Crippen LogP contribution is 2.25. The van der Waals surface area contributed by atoms with Crippen molar-refractivity contribution in [2.75, 3.05) is 5.43 Å². The number of hydrogen-bond donors (Lipinski definition) is 1. The van der Waals surface area contributed by atoms with Crippen molar-refractivity contribution in [3.8, 4) is 0 Å². The third-order valence-corrected chi connectivity index (χ3v) is 2.75. The molecule has 0 aliphatic heterocycles. The summed E-state index contributed by atoms with van der Waals surface area (Å²) in [7, 11) is 0. The number of aromatic nitrogens is 1. The molecule has 1 aromatic carbocycles. The van der Waals surface area contributed by atoms with Gasteiger partial charge in [-0.2, -0.15) is 9.47 Å². The van der Waals surface area contributed by atoms with Gasteiger partial charge in [0, 0.05) is 11.6 Å². The summed E-state index contributed by atoms with van der Waals surface area (Å²) in [6, 6.07) is 8.13. The van der Waals surface area contributed by atoms with E-state index in [0.29, 0.717) is 5.92 Å². The molecule has 0 saturated carbocycles. The fourth-order valence-electron chi connectivity index (χ4n) is 1.21. The Morgan fingerprint density at radius 3 is 3.00 bits per heavy atom. The summed E-state index contributed by atoms with van der Waals surface area (Å²) < 4.78 is 5.49. The van der Waals surface area contributed by atoms with Gasteiger partial charge in [0.1, 0.15) is 0 Å². The van der Waals surface area contributed by atoms with Crippen molar-refractivity contribution in [3.63, 3.8) is 0 Å². The van der Waals surface area contributed by atoms with Crippen LogP contribution in [0.15, 0.2) is 29.4 Å². The number of fused-ring (bicyclic) bond motifs is 1. The first-order valence-corrected chi connectivity index (χ1v) is 5.68. The molecular weight excluding hydrogens is 206 g/mol. The van der Waals surface area contributed by atoms with E-state index in [-0.39, 0.29) is 0 Å². The lowest BCUT2D eigenvalue weighted by atomic mass is 10.2. The highest BCUT2D eigenvalue weighted by molar-refractivity contribution is 7.13. The van der Waals surface area contributed by atoms with E-state index in [1.54, 1.807) is 0 Å². The highest BCUT2D eigenvalue weighted by Gasteiger charge is 2.02. The van der Waals surface area contributed by atoms with E-state index in [4.69, 9.17) is 0 Å². The molecule has 1 aromatic heterocycles. The van der Waals surface area contributed by atoms with Crippen LogP contribution in [0.2, 0.25) is 0 Å². The molecule has 1 heterocycles. The normalized spacial score (nSPS) is 11.7. The zero-order valence-electron chi connectivity index (χ0n) is 8.77. The molecule has 0 atom stereocenters. The first-order valence-electron chi connectivity index (χ1n) is 4.91. The standard InChI is InChI=1S/C11H13N3S/c1-8(2)7-12-13-11-9-5-3-4-6-10(9)15-14-11/h3-8H,1-2H3,(H,13,14). The third kappa shape index (κ3) is 2.33. The van der Waals surface area contributed by atoms with Gasteiger partial charge >= 0.3 is 0 Å². The molecule has 2 aromatic rings. The first kappa shape index (κ1) is 10.1. The lowest BCUT2D eigenvalue weighted by molar-refractivity contribution is 0.904. The van der Waals surface area contributed by atoms with Gasteiger partial charge in [-0.25, -0.2) is 0 Å². The smallest absolute Gasteiger partial charge is 0.167 e. The molecule has 0 unspecified atom stereocenters. The first-order chi connectivity index (χ1) is 7.27. The summed E-state index contributed by atoms with van der Waals surface area (Å²) in [6.45, 7) is 4.18. The predicted octanol–water partition coefficient (Wildman–Crippen LogP) is 3.35. The van der Waals surface area contributed by atoms with Crippen molar-refractivity contribution in [3.05, 3.63) is 24.3 Å². The number of anilines is 1. The van der Waals surface area contributed by atoms with E-state index >= 15 is 0 Å². The minimum atomic E-state index is 0.447. The van der Waals surface area contributed by atoms with E-state index in [9.17, 15) is 0 Å². The molecule has 1 N–H and O–H groups in total. The Kier molecular flexibility index (Phi) is 2.97. The van der Waals surface area contributed by atoms with Crippen molar-refractivity contribution in [2.45, 2.75) is 13.8 Å². The molecule has 0 aliphatic carbocycles. The molecule has 78 valence electrons. The number of nitrogens with one attached hydrogen (secondary N) is 1. The molecule has 0 aliphatic rings. The van der Waals surface area contributed by atoms with Gasteiger partial charge in [-0.1, -0.05) is 26.0 Å². The summed E-state index contributed by atoms with van der Waals surface area (Å²) in [6.07, 6.45) is 1.87. The van der Waals surface area contributed by atoms with Gasteiger partial charge in [0.25, 0.3) is 0 Å². The highest BCUT2D eigenvalue weighted by atomic mass is 32.1. The minimum absolute atomic E-state index is 0.447. The molecule has 0 amide bonds. The van der Waals surface area contributed by atoms with Crippen molar-refractivity contribution >= 4 is 33.7 Å². The third-order valence-electron chi connectivity index (χ3n) is 1.92. The van der Waals surface area contributed by atoms with Crippen LogP contribution in [-0.2, 0) is 0 Å². The van der Waals surface area contributed by atoms with Crippen LogP contribution in [0.4, 0.5) is 5.82 Å². The Bertz CT molecular complexity index is 473. The van der Waals surface area contributed by atoms with Crippen LogP contribution in [0.25, 0.3) is 10.1 Å². The van der Waals surface area contributed by atoms with Crippen LogP contribution in [0, 0.1) is 5.92 Å². The predicted molar refractivity (Wildman–Crippen MR) is 66.6 cm³/mol. The fourth-order valence-corrected chi connectivity index (χ4v) is 1.95. The number of benzene rings is 1. The van der Waals surface area contributed by atoms with Gasteiger partial charge in [0.15, 0.2) is 5.82 Å². The maximum atomic E-state index is 4.31. The number of nitrogens with zero attached hydrogens (tertiary/aromatic N) is 2. The molecule has 4 heteroatoms. The average Bonchev–Trinajstić information content (AvgIpc) is 2.62. The summed E-state index contributed by atoms with van der Waals surface area (Å²) >= 11 is 1.49. The Labute approximate surface area is 93.0 Å². The van der Waals surface area contributed by atoms with Gasteiger partial charge in [-0.3, -0.25) is 5.43 Å². The van der Waals surface area contributed by atoms with Crippen molar-refractivity contribution < 1.29 is 0 Å². The van der Waals surface area contributed by atoms with Crippen LogP contribution in [0.3, 0.4) is 0 Å². The zero-order valence-corrected chi connectivity index (χ0v) is 9.58. The topological polar surface area (TPSA) is 37.3 Å². The Balaban J connectivity index is 2.21. The van der Waals surface area contributed by atoms with E-state index in [2.05, 4.69) is 34.8 Å². The molecule has 0 radical (unpaired) electrons. The van der Waals surface area contributed by atoms with Crippen LogP contribution < -0.4 is 5.43 Å². The van der Waals surface area contributed by atoms with Gasteiger partial charge in [-0.05, 0) is 29.6 Å². The van der Waals surface area contributed by atoms with Crippen LogP contribution in [-0.4, -0.2) is 10.6 Å². The molecule has 2 rings (SSSR count). The molecule has 3 nitrogen and oxygen atoms in total. The quantitative estimate of drug-likeness (QED) is 0.635. The van der Waals surface area contributed by atoms with E-state index in [1.165, 1.54) is 16.2 Å². The molecule has 0 saturated heterocycles. The van der Waals surface area contributed by atoms with E-state index in [0.717, 1.165) is 11.2 Å². The van der Waals surface area contributed by atoms with Crippen molar-refractivity contribution in [1.29, 1.82) is 0 Å². The van der Waals surface area contributed by atoms with Gasteiger partial charge in [0.2, 0.25) is 0 Å². The Morgan fingerprint density at radius 1 is 1.40 bits per heavy atom. The van der Waals surface area contributed by atoms with Crippen molar-refractivity contribution in [2.24, 2.45) is 11.0 Å². The molecule has 15 heavy (non-hydrogen) atoms. The largest absolute Gasteiger partial charge is 0.260 e. The number of hydrogen-bond acceptors (Lipinski definition) is 4. The SMILES string of the molecule is CC(C)C=NNc1nsc2ccccc12. The van der Waals surface area contributed by atoms with E-state index < -0.39 is 0 Å². The average molecular weight is 219 g/mol. The lowest BCUT2D eigenvalue weighted by Crippen LogP contribution is -1.94. The monoisotopic (exact) mass is 219 g/mol. The molecular formula is C11H13N3S. The Hall–Kier alpha value is -1.42. The summed E-state index contributed by atoms with van der Waals surface area (Å²) in [4.78, 5) is 0. The summed E-state index contributed by atoms with van der Waals surface area (Å²) in [5, 5.41) is 5.26. The Morgan fingerprint density at radius 2 is 2.20 bits per heavy atom. The summed E-state index contributed by atoms with van der Waals surface area (Å²) in [5.74, 6) is 1.29. The fraction of sp³-hybridized carbons (Fsp3) is 0.273. The summed E-state index contributed by atoms with van der Waals surface area (Å²) in [5.41, 5.74) is 2.97. The van der Waals surface area contributed by atoms with Crippen LogP contribution in [0.5, 0.6) is 0 Å². The molecule has 0 bridgehead atoms. The maximum absolute atomic E-state index is 4.31. The van der Waals surface area contributed by atoms with Crippen molar-refractivity contribution in [1.82, 2.24) is 4.37 Å².